The molecule has 138 valence electrons. The Morgan fingerprint density at radius 3 is 2.58 bits per heavy atom. The molecule has 0 unspecified atom stereocenters. The van der Waals surface area contributed by atoms with Gasteiger partial charge in [0.2, 0.25) is 0 Å². The molecular formula is C18H16ClF2NO3S. The van der Waals surface area contributed by atoms with Crippen LogP contribution in [0, 0.1) is 11.6 Å². The van der Waals surface area contributed by atoms with Crippen LogP contribution in [0.2, 0.25) is 5.02 Å². The first-order valence-electron chi connectivity index (χ1n) is 7.68. The summed E-state index contributed by atoms with van der Waals surface area (Å²) in [4.78, 5) is 23.2. The first-order valence-corrected chi connectivity index (χ1v) is 9.05. The van der Waals surface area contributed by atoms with Crippen LogP contribution >= 0.6 is 23.4 Å². The van der Waals surface area contributed by atoms with Gasteiger partial charge in [0.1, 0.15) is 11.6 Å². The van der Waals surface area contributed by atoms with E-state index in [-0.39, 0.29) is 10.6 Å². The van der Waals surface area contributed by atoms with E-state index in [0.29, 0.717) is 18.0 Å². The number of esters is 1. The van der Waals surface area contributed by atoms with E-state index in [4.69, 9.17) is 16.3 Å². The number of carbonyl (C=O) groups excluding carboxylic acids is 2. The van der Waals surface area contributed by atoms with E-state index in [1.807, 2.05) is 12.1 Å². The molecule has 0 aliphatic carbocycles. The Morgan fingerprint density at radius 2 is 1.85 bits per heavy atom. The fraction of sp³-hybridized carbons (Fsp3) is 0.222. The Morgan fingerprint density at radius 1 is 1.12 bits per heavy atom. The van der Waals surface area contributed by atoms with Gasteiger partial charge in [-0.25, -0.2) is 8.78 Å². The molecule has 1 amide bonds. The van der Waals surface area contributed by atoms with Crippen molar-refractivity contribution in [3.63, 3.8) is 0 Å². The molecule has 0 fully saturated rings. The van der Waals surface area contributed by atoms with Gasteiger partial charge in [0.05, 0.1) is 5.75 Å². The van der Waals surface area contributed by atoms with Crippen molar-refractivity contribution in [1.29, 1.82) is 0 Å². The summed E-state index contributed by atoms with van der Waals surface area (Å²) in [6, 6.07) is 10.2. The van der Waals surface area contributed by atoms with Gasteiger partial charge in [0.25, 0.3) is 5.91 Å². The number of nitrogens with one attached hydrogen (secondary N) is 1. The molecular weight excluding hydrogens is 384 g/mol. The second-order valence-electron chi connectivity index (χ2n) is 5.25. The number of benzene rings is 2. The second kappa shape index (κ2) is 10.1. The Hall–Kier alpha value is -2.12. The highest BCUT2D eigenvalue weighted by Gasteiger charge is 2.11. The molecule has 0 aliphatic heterocycles. The highest BCUT2D eigenvalue weighted by Crippen LogP contribution is 2.22. The van der Waals surface area contributed by atoms with Crippen LogP contribution in [0.3, 0.4) is 0 Å². The van der Waals surface area contributed by atoms with E-state index < -0.39 is 30.1 Å². The Labute approximate surface area is 158 Å². The second-order valence-corrected chi connectivity index (χ2v) is 6.70. The van der Waals surface area contributed by atoms with E-state index in [2.05, 4.69) is 5.32 Å². The average Bonchev–Trinajstić information content (AvgIpc) is 2.62. The summed E-state index contributed by atoms with van der Waals surface area (Å²) in [7, 11) is 0. The topological polar surface area (TPSA) is 55.4 Å². The molecule has 0 aromatic heterocycles. The first-order chi connectivity index (χ1) is 12.4. The Kier molecular flexibility index (Phi) is 7.87. The molecule has 0 aliphatic rings. The van der Waals surface area contributed by atoms with Crippen molar-refractivity contribution in [2.24, 2.45) is 0 Å². The van der Waals surface area contributed by atoms with Crippen molar-refractivity contribution in [1.82, 2.24) is 5.32 Å². The molecule has 0 atom stereocenters. The number of carbonyl (C=O) groups is 2. The smallest absolute Gasteiger partial charge is 0.316 e. The molecule has 0 spiro atoms. The van der Waals surface area contributed by atoms with Gasteiger partial charge in [-0.05, 0) is 42.3 Å². The van der Waals surface area contributed by atoms with E-state index >= 15 is 0 Å². The summed E-state index contributed by atoms with van der Waals surface area (Å²) < 4.78 is 31.3. The summed E-state index contributed by atoms with van der Waals surface area (Å²) in [6.45, 7) is -0.0348. The number of ether oxygens (including phenoxy) is 1. The zero-order chi connectivity index (χ0) is 18.9. The van der Waals surface area contributed by atoms with Crippen molar-refractivity contribution in [3.8, 4) is 0 Å². The molecule has 0 heterocycles. The summed E-state index contributed by atoms with van der Waals surface area (Å²) in [6.07, 6.45) is 0.617. The lowest BCUT2D eigenvalue weighted by molar-refractivity contribution is -0.145. The summed E-state index contributed by atoms with van der Waals surface area (Å²) >= 11 is 6.59. The van der Waals surface area contributed by atoms with Gasteiger partial charge in [0.15, 0.2) is 6.61 Å². The average molecular weight is 400 g/mol. The number of rotatable bonds is 8. The highest BCUT2D eigenvalue weighted by molar-refractivity contribution is 8.00. The molecule has 2 rings (SSSR count). The molecule has 2 aromatic carbocycles. The van der Waals surface area contributed by atoms with Crippen molar-refractivity contribution in [2.45, 2.75) is 11.3 Å². The van der Waals surface area contributed by atoms with Crippen molar-refractivity contribution >= 4 is 35.2 Å². The van der Waals surface area contributed by atoms with Gasteiger partial charge in [-0.15, -0.1) is 11.8 Å². The zero-order valence-corrected chi connectivity index (χ0v) is 15.2. The monoisotopic (exact) mass is 399 g/mol. The van der Waals surface area contributed by atoms with Gasteiger partial charge < -0.3 is 10.1 Å². The van der Waals surface area contributed by atoms with Crippen LogP contribution in [-0.2, 0) is 20.7 Å². The van der Waals surface area contributed by atoms with E-state index in [1.54, 1.807) is 12.1 Å². The normalized spacial score (nSPS) is 10.4. The van der Waals surface area contributed by atoms with E-state index in [0.717, 1.165) is 35.5 Å². The third kappa shape index (κ3) is 7.01. The fourth-order valence-corrected chi connectivity index (χ4v) is 2.85. The first kappa shape index (κ1) is 20.2. The summed E-state index contributed by atoms with van der Waals surface area (Å²) in [5.41, 5.74) is 1.01. The fourth-order valence-electron chi connectivity index (χ4n) is 1.96. The van der Waals surface area contributed by atoms with Gasteiger partial charge in [-0.3, -0.25) is 9.59 Å². The predicted octanol–water partition coefficient (Wildman–Crippen LogP) is 3.61. The van der Waals surface area contributed by atoms with Gasteiger partial charge in [-0.2, -0.15) is 0 Å². The minimum absolute atomic E-state index is 0.00867. The zero-order valence-electron chi connectivity index (χ0n) is 13.6. The van der Waals surface area contributed by atoms with Crippen LogP contribution in [-0.4, -0.2) is 30.8 Å². The van der Waals surface area contributed by atoms with Crippen molar-refractivity contribution in [2.75, 3.05) is 18.9 Å². The summed E-state index contributed by atoms with van der Waals surface area (Å²) in [5.74, 6) is -2.56. The molecule has 8 heteroatoms. The summed E-state index contributed by atoms with van der Waals surface area (Å²) in [5, 5.41) is 3.27. The highest BCUT2D eigenvalue weighted by atomic mass is 35.5. The third-order valence-electron chi connectivity index (χ3n) is 3.25. The molecule has 0 bridgehead atoms. The molecule has 2 aromatic rings. The number of amides is 1. The minimum atomic E-state index is -0.688. The lowest BCUT2D eigenvalue weighted by atomic mass is 10.1. The van der Waals surface area contributed by atoms with Gasteiger partial charge in [0, 0.05) is 16.5 Å². The molecule has 26 heavy (non-hydrogen) atoms. The van der Waals surface area contributed by atoms with Gasteiger partial charge >= 0.3 is 5.97 Å². The number of thioether (sulfide) groups is 1. The van der Waals surface area contributed by atoms with Crippen molar-refractivity contribution < 1.29 is 23.1 Å². The van der Waals surface area contributed by atoms with Crippen molar-refractivity contribution in [3.05, 3.63) is 64.7 Å². The lowest BCUT2D eigenvalue weighted by Crippen LogP contribution is -2.30. The Balaban J connectivity index is 1.64. The Bertz CT molecular complexity index is 772. The third-order valence-corrected chi connectivity index (χ3v) is 4.51. The SMILES string of the molecule is O=C(COC(=O)CSc1cc(F)ccc1F)NCCc1ccc(Cl)cc1. The van der Waals surface area contributed by atoms with E-state index in [9.17, 15) is 18.4 Å². The number of halogens is 3. The quantitative estimate of drug-likeness (QED) is 0.544. The minimum Gasteiger partial charge on any atom is -0.455 e. The van der Waals surface area contributed by atoms with Crippen LogP contribution in [0.1, 0.15) is 5.56 Å². The van der Waals surface area contributed by atoms with E-state index in [1.165, 1.54) is 0 Å². The van der Waals surface area contributed by atoms with Crippen LogP contribution in [0.5, 0.6) is 0 Å². The maximum absolute atomic E-state index is 13.4. The molecule has 4 nitrogen and oxygen atoms in total. The van der Waals surface area contributed by atoms with Gasteiger partial charge in [-0.1, -0.05) is 23.7 Å². The van der Waals surface area contributed by atoms with Crippen LogP contribution in [0.4, 0.5) is 8.78 Å². The maximum atomic E-state index is 13.4. The molecule has 0 saturated carbocycles. The molecule has 1 N–H and O–H groups in total. The largest absolute Gasteiger partial charge is 0.455 e. The number of hydrogen-bond donors (Lipinski definition) is 1. The number of hydrogen-bond acceptors (Lipinski definition) is 4. The van der Waals surface area contributed by atoms with Crippen LogP contribution in [0.15, 0.2) is 47.4 Å². The van der Waals surface area contributed by atoms with Crippen LogP contribution < -0.4 is 5.32 Å². The predicted molar refractivity (Wildman–Crippen MR) is 96.2 cm³/mol. The maximum Gasteiger partial charge on any atom is 0.316 e. The lowest BCUT2D eigenvalue weighted by Gasteiger charge is -2.07. The standard InChI is InChI=1S/C18H16ClF2NO3S/c19-13-3-1-12(2-4-13)7-8-22-17(23)10-25-18(24)11-26-16-9-14(20)5-6-15(16)21/h1-6,9H,7-8,10-11H2,(H,22,23). The molecule has 0 radical (unpaired) electrons. The molecule has 0 saturated heterocycles. The van der Waals surface area contributed by atoms with Crippen LogP contribution in [0.25, 0.3) is 0 Å².